The Hall–Kier alpha value is -0.830. The number of carbonyl (C=O) groups is 1. The number of rotatable bonds is 3. The Kier molecular flexibility index (Phi) is 3.69. The van der Waals surface area contributed by atoms with Crippen LogP contribution in [0, 0.1) is 12.7 Å². The third-order valence-electron chi connectivity index (χ3n) is 2.00. The number of halogens is 1. The topological polar surface area (TPSA) is 17.1 Å². The van der Waals surface area contributed by atoms with Gasteiger partial charge in [0.2, 0.25) is 0 Å². The molecule has 0 fully saturated rings. The molecule has 1 aromatic rings. The lowest BCUT2D eigenvalue weighted by Gasteiger charge is -2.06. The Bertz CT molecular complexity index is 361. The molecule has 0 N–H and O–H groups in total. The summed E-state index contributed by atoms with van der Waals surface area (Å²) < 4.78 is 13.4. The average Bonchev–Trinajstić information content (AvgIpc) is 2.09. The molecule has 0 aliphatic carbocycles. The van der Waals surface area contributed by atoms with Crippen LogP contribution in [0.4, 0.5) is 4.39 Å². The molecule has 0 aliphatic heterocycles. The lowest BCUT2D eigenvalue weighted by atomic mass is 10.1. The zero-order chi connectivity index (χ0) is 10.7. The summed E-state index contributed by atoms with van der Waals surface area (Å²) in [7, 11) is 0. The summed E-state index contributed by atoms with van der Waals surface area (Å²) in [6.07, 6.45) is 2.12. The van der Waals surface area contributed by atoms with Crippen LogP contribution in [0.1, 0.15) is 18.1 Å². The fourth-order valence-corrected chi connectivity index (χ4v) is 1.96. The lowest BCUT2D eigenvalue weighted by molar-refractivity contribution is -0.116. The van der Waals surface area contributed by atoms with Crippen LogP contribution in [0.2, 0.25) is 0 Å². The largest absolute Gasteiger partial charge is 0.300 e. The van der Waals surface area contributed by atoms with Gasteiger partial charge in [-0.15, -0.1) is 11.8 Å². The monoisotopic (exact) mass is 212 g/mol. The van der Waals surface area contributed by atoms with Gasteiger partial charge in [0.15, 0.2) is 0 Å². The van der Waals surface area contributed by atoms with E-state index < -0.39 is 0 Å². The summed E-state index contributed by atoms with van der Waals surface area (Å²) in [5.41, 5.74) is 1.41. The van der Waals surface area contributed by atoms with Crippen molar-refractivity contribution in [3.8, 4) is 0 Å². The van der Waals surface area contributed by atoms with Gasteiger partial charge >= 0.3 is 0 Å². The van der Waals surface area contributed by atoms with Gasteiger partial charge in [0, 0.05) is 11.3 Å². The molecule has 76 valence electrons. The standard InChI is InChI=1S/C11H13FOS/c1-7-4-10(12)9(5-8(2)13)6-11(7)14-3/h4,6H,5H2,1-3H3. The molecule has 1 nitrogen and oxygen atoms in total. The van der Waals surface area contributed by atoms with Crippen LogP contribution in [0.3, 0.4) is 0 Å². The molecule has 0 atom stereocenters. The number of hydrogen-bond donors (Lipinski definition) is 0. The third-order valence-corrected chi connectivity index (χ3v) is 2.88. The summed E-state index contributed by atoms with van der Waals surface area (Å²) in [6, 6.07) is 3.25. The van der Waals surface area contributed by atoms with Gasteiger partial charge in [0.1, 0.15) is 11.6 Å². The molecule has 0 amide bonds. The molecule has 0 bridgehead atoms. The van der Waals surface area contributed by atoms with Gasteiger partial charge in [-0.2, -0.15) is 0 Å². The van der Waals surface area contributed by atoms with E-state index >= 15 is 0 Å². The van der Waals surface area contributed by atoms with Crippen LogP contribution in [-0.2, 0) is 11.2 Å². The SMILES string of the molecule is CSc1cc(CC(C)=O)c(F)cc1C. The minimum Gasteiger partial charge on any atom is -0.300 e. The Morgan fingerprint density at radius 2 is 2.14 bits per heavy atom. The molecule has 3 heteroatoms. The first-order valence-corrected chi connectivity index (χ1v) is 5.59. The first-order valence-electron chi connectivity index (χ1n) is 4.37. The maximum Gasteiger partial charge on any atom is 0.134 e. The number of thioether (sulfide) groups is 1. The molecule has 0 aliphatic rings. The second kappa shape index (κ2) is 4.60. The first-order chi connectivity index (χ1) is 6.54. The van der Waals surface area contributed by atoms with E-state index in [0.29, 0.717) is 5.56 Å². The van der Waals surface area contributed by atoms with Crippen LogP contribution in [0.5, 0.6) is 0 Å². The number of aryl methyl sites for hydroxylation is 1. The van der Waals surface area contributed by atoms with Crippen LogP contribution in [0.25, 0.3) is 0 Å². The number of ketones is 1. The fraction of sp³-hybridized carbons (Fsp3) is 0.364. The summed E-state index contributed by atoms with van der Waals surface area (Å²) in [5, 5.41) is 0. The highest BCUT2D eigenvalue weighted by Gasteiger charge is 2.08. The van der Waals surface area contributed by atoms with Gasteiger partial charge in [-0.3, -0.25) is 4.79 Å². The molecular weight excluding hydrogens is 199 g/mol. The van der Waals surface area contributed by atoms with Gasteiger partial charge in [0.05, 0.1) is 0 Å². The first kappa shape index (κ1) is 11.2. The zero-order valence-electron chi connectivity index (χ0n) is 8.56. The predicted octanol–water partition coefficient (Wildman–Crippen LogP) is 2.99. The molecule has 14 heavy (non-hydrogen) atoms. The van der Waals surface area contributed by atoms with E-state index in [0.717, 1.165) is 10.5 Å². The van der Waals surface area contributed by atoms with Gasteiger partial charge in [-0.05, 0) is 43.4 Å². The maximum absolute atomic E-state index is 13.4. The summed E-state index contributed by atoms with van der Waals surface area (Å²) >= 11 is 1.57. The predicted molar refractivity (Wildman–Crippen MR) is 57.3 cm³/mol. The third kappa shape index (κ3) is 2.58. The average molecular weight is 212 g/mol. The minimum absolute atomic E-state index is 0.0141. The van der Waals surface area contributed by atoms with Crippen LogP contribution in [0.15, 0.2) is 17.0 Å². The molecule has 1 rings (SSSR count). The van der Waals surface area contributed by atoms with Crippen LogP contribution < -0.4 is 0 Å². The van der Waals surface area contributed by atoms with E-state index in [2.05, 4.69) is 0 Å². The Morgan fingerprint density at radius 3 is 2.64 bits per heavy atom. The van der Waals surface area contributed by atoms with Crippen molar-refractivity contribution in [3.05, 3.63) is 29.1 Å². The van der Waals surface area contributed by atoms with Crippen LogP contribution >= 0.6 is 11.8 Å². The van der Waals surface area contributed by atoms with E-state index in [4.69, 9.17) is 0 Å². The minimum atomic E-state index is -0.282. The highest BCUT2D eigenvalue weighted by molar-refractivity contribution is 7.98. The van der Waals surface area contributed by atoms with Crippen molar-refractivity contribution in [3.63, 3.8) is 0 Å². The Labute approximate surface area is 87.7 Å². The van der Waals surface area contributed by atoms with Crippen molar-refractivity contribution in [2.45, 2.75) is 25.2 Å². The summed E-state index contributed by atoms with van der Waals surface area (Å²) in [4.78, 5) is 11.9. The number of benzene rings is 1. The molecule has 0 radical (unpaired) electrons. The van der Waals surface area contributed by atoms with E-state index in [1.807, 2.05) is 13.2 Å². The smallest absolute Gasteiger partial charge is 0.134 e. The molecule has 0 spiro atoms. The maximum atomic E-state index is 13.4. The Morgan fingerprint density at radius 1 is 1.50 bits per heavy atom. The van der Waals surface area contributed by atoms with E-state index in [-0.39, 0.29) is 18.0 Å². The second-order valence-electron chi connectivity index (χ2n) is 3.29. The zero-order valence-corrected chi connectivity index (χ0v) is 9.37. The van der Waals surface area contributed by atoms with Crippen molar-refractivity contribution in [1.82, 2.24) is 0 Å². The van der Waals surface area contributed by atoms with Crippen molar-refractivity contribution in [2.24, 2.45) is 0 Å². The number of Topliss-reactive ketones (excluding diaryl/α,β-unsaturated/α-hetero) is 1. The van der Waals surface area contributed by atoms with E-state index in [1.165, 1.54) is 13.0 Å². The lowest BCUT2D eigenvalue weighted by Crippen LogP contribution is -2.00. The highest BCUT2D eigenvalue weighted by atomic mass is 32.2. The fourth-order valence-electron chi connectivity index (χ4n) is 1.32. The molecule has 0 heterocycles. The molecular formula is C11H13FOS. The quantitative estimate of drug-likeness (QED) is 0.716. The van der Waals surface area contributed by atoms with Gasteiger partial charge < -0.3 is 0 Å². The van der Waals surface area contributed by atoms with Crippen molar-refractivity contribution < 1.29 is 9.18 Å². The molecule has 0 aromatic heterocycles. The number of carbonyl (C=O) groups excluding carboxylic acids is 1. The highest BCUT2D eigenvalue weighted by Crippen LogP contribution is 2.23. The normalized spacial score (nSPS) is 10.3. The van der Waals surface area contributed by atoms with Gasteiger partial charge in [-0.1, -0.05) is 0 Å². The van der Waals surface area contributed by atoms with Crippen LogP contribution in [-0.4, -0.2) is 12.0 Å². The van der Waals surface area contributed by atoms with E-state index in [9.17, 15) is 9.18 Å². The number of hydrogen-bond acceptors (Lipinski definition) is 2. The molecule has 0 unspecified atom stereocenters. The molecule has 0 saturated heterocycles. The van der Waals surface area contributed by atoms with Gasteiger partial charge in [-0.25, -0.2) is 4.39 Å². The van der Waals surface area contributed by atoms with Crippen molar-refractivity contribution >= 4 is 17.5 Å². The van der Waals surface area contributed by atoms with E-state index in [1.54, 1.807) is 17.8 Å². The molecule has 0 saturated carbocycles. The summed E-state index contributed by atoms with van der Waals surface area (Å²) in [6.45, 7) is 3.34. The Balaban J connectivity index is 3.10. The molecule has 1 aromatic carbocycles. The second-order valence-corrected chi connectivity index (χ2v) is 4.14. The summed E-state index contributed by atoms with van der Waals surface area (Å²) in [5.74, 6) is -0.296. The van der Waals surface area contributed by atoms with Crippen molar-refractivity contribution in [2.75, 3.05) is 6.26 Å². The van der Waals surface area contributed by atoms with Gasteiger partial charge in [0.25, 0.3) is 0 Å². The van der Waals surface area contributed by atoms with Crippen molar-refractivity contribution in [1.29, 1.82) is 0 Å².